The highest BCUT2D eigenvalue weighted by Gasteiger charge is 2.32. The van der Waals surface area contributed by atoms with Gasteiger partial charge in [-0.3, -0.25) is 4.79 Å². The van der Waals surface area contributed by atoms with Crippen molar-refractivity contribution in [3.8, 4) is 0 Å². The van der Waals surface area contributed by atoms with Crippen LogP contribution in [0.5, 0.6) is 0 Å². The molecule has 0 aromatic heterocycles. The third kappa shape index (κ3) is 2.44. The second-order valence-corrected chi connectivity index (χ2v) is 2.87. The topological polar surface area (TPSA) is 78.8 Å². The van der Waals surface area contributed by atoms with E-state index in [1.807, 2.05) is 0 Å². The molecule has 0 bridgehead atoms. The highest BCUT2D eigenvalue weighted by molar-refractivity contribution is 5.72. The van der Waals surface area contributed by atoms with Gasteiger partial charge in [-0.1, -0.05) is 0 Å². The molecule has 1 aliphatic rings. The van der Waals surface area contributed by atoms with Gasteiger partial charge < -0.3 is 20.3 Å². The van der Waals surface area contributed by atoms with E-state index in [1.165, 1.54) is 6.92 Å². The molecule has 0 unspecified atom stereocenters. The molecule has 1 rings (SSSR count). The predicted octanol–water partition coefficient (Wildman–Crippen LogP) is -1.41. The molecule has 0 saturated carbocycles. The van der Waals surface area contributed by atoms with Crippen LogP contribution in [0.25, 0.3) is 0 Å². The summed E-state index contributed by atoms with van der Waals surface area (Å²) < 4.78 is 4.91. The normalized spacial score (nSPS) is 35.1. The van der Waals surface area contributed by atoms with Crippen molar-refractivity contribution in [1.29, 1.82) is 0 Å². The summed E-state index contributed by atoms with van der Waals surface area (Å²) in [4.78, 5) is 10.5. The molecule has 3 N–H and O–H groups in total. The van der Waals surface area contributed by atoms with Crippen molar-refractivity contribution in [2.45, 2.75) is 31.8 Å². The van der Waals surface area contributed by atoms with E-state index >= 15 is 0 Å². The molecule has 1 heterocycles. The maximum atomic E-state index is 10.5. The number of hydrogen-bond donors (Lipinski definition) is 3. The molecule has 70 valence electrons. The second-order valence-electron chi connectivity index (χ2n) is 2.87. The third-order valence-electron chi connectivity index (χ3n) is 1.76. The largest absolute Gasteiger partial charge is 0.390 e. The lowest BCUT2D eigenvalue weighted by Gasteiger charge is -2.13. The minimum atomic E-state index is -0.904. The number of hydrogen-bond acceptors (Lipinski definition) is 4. The van der Waals surface area contributed by atoms with Crippen LogP contribution >= 0.6 is 0 Å². The zero-order valence-electron chi connectivity index (χ0n) is 6.86. The van der Waals surface area contributed by atoms with Crippen LogP contribution in [0.15, 0.2) is 0 Å². The smallest absolute Gasteiger partial charge is 0.216 e. The minimum Gasteiger partial charge on any atom is -0.390 e. The Kier molecular flexibility index (Phi) is 3.02. The van der Waals surface area contributed by atoms with E-state index in [2.05, 4.69) is 5.32 Å². The molecule has 1 fully saturated rings. The van der Waals surface area contributed by atoms with Gasteiger partial charge in [0.1, 0.15) is 6.10 Å². The molecular formula is C7H13NO4. The number of carbonyl (C=O) groups excluding carboxylic acids is 1. The van der Waals surface area contributed by atoms with Gasteiger partial charge in [-0.2, -0.15) is 0 Å². The molecule has 1 saturated heterocycles. The molecule has 0 aliphatic carbocycles. The van der Waals surface area contributed by atoms with E-state index in [-0.39, 0.29) is 18.9 Å². The summed E-state index contributed by atoms with van der Waals surface area (Å²) in [6.45, 7) is 1.63. The number of aliphatic hydroxyl groups is 2. The Bertz CT molecular complexity index is 173. The van der Waals surface area contributed by atoms with Crippen molar-refractivity contribution in [2.75, 3.05) is 6.54 Å². The van der Waals surface area contributed by atoms with Crippen LogP contribution < -0.4 is 5.32 Å². The van der Waals surface area contributed by atoms with Crippen molar-refractivity contribution in [2.24, 2.45) is 0 Å². The SMILES string of the molecule is CC(=O)NC[C@H]1O[C@@H](O)C[C@@H]1O. The lowest BCUT2D eigenvalue weighted by Crippen LogP contribution is -2.35. The molecule has 0 aromatic carbocycles. The first-order chi connectivity index (χ1) is 5.59. The van der Waals surface area contributed by atoms with Crippen LogP contribution in [0.4, 0.5) is 0 Å². The Morgan fingerprint density at radius 2 is 2.33 bits per heavy atom. The van der Waals surface area contributed by atoms with Crippen molar-refractivity contribution < 1.29 is 19.7 Å². The minimum absolute atomic E-state index is 0.174. The van der Waals surface area contributed by atoms with E-state index < -0.39 is 18.5 Å². The van der Waals surface area contributed by atoms with Gasteiger partial charge in [0.2, 0.25) is 5.91 Å². The summed E-state index contributed by atoms with van der Waals surface area (Å²) in [6.07, 6.45) is -1.86. The van der Waals surface area contributed by atoms with Crippen LogP contribution in [0.1, 0.15) is 13.3 Å². The second kappa shape index (κ2) is 3.84. The molecular weight excluding hydrogens is 162 g/mol. The van der Waals surface area contributed by atoms with Crippen molar-refractivity contribution in [3.05, 3.63) is 0 Å². The van der Waals surface area contributed by atoms with Gasteiger partial charge in [0.25, 0.3) is 0 Å². The molecule has 3 atom stereocenters. The summed E-state index contributed by atoms with van der Waals surface area (Å²) in [5, 5.41) is 20.7. The number of carbonyl (C=O) groups is 1. The van der Waals surface area contributed by atoms with Crippen molar-refractivity contribution >= 4 is 5.91 Å². The van der Waals surface area contributed by atoms with E-state index in [1.54, 1.807) is 0 Å². The van der Waals surface area contributed by atoms with E-state index in [9.17, 15) is 9.90 Å². The number of ether oxygens (including phenoxy) is 1. The summed E-state index contributed by atoms with van der Waals surface area (Å²) in [5.74, 6) is -0.174. The molecule has 5 heteroatoms. The Hall–Kier alpha value is -0.650. The van der Waals surface area contributed by atoms with Gasteiger partial charge in [-0.05, 0) is 0 Å². The number of aliphatic hydroxyl groups excluding tert-OH is 2. The Balaban J connectivity index is 2.28. The zero-order valence-corrected chi connectivity index (χ0v) is 6.86. The predicted molar refractivity (Wildman–Crippen MR) is 40.2 cm³/mol. The van der Waals surface area contributed by atoms with Gasteiger partial charge in [0, 0.05) is 19.9 Å². The lowest BCUT2D eigenvalue weighted by atomic mass is 10.2. The maximum absolute atomic E-state index is 10.5. The standard InChI is InChI=1S/C7H13NO4/c1-4(9)8-3-6-5(10)2-7(11)12-6/h5-7,10-11H,2-3H2,1H3,(H,8,9)/t5-,6+,7+/m0/s1. The fraction of sp³-hybridized carbons (Fsp3) is 0.857. The summed E-state index contributed by atoms with van der Waals surface area (Å²) in [5.41, 5.74) is 0. The Morgan fingerprint density at radius 3 is 2.75 bits per heavy atom. The first kappa shape index (κ1) is 9.44. The molecule has 12 heavy (non-hydrogen) atoms. The van der Waals surface area contributed by atoms with Gasteiger partial charge >= 0.3 is 0 Å². The average Bonchev–Trinajstić information content (AvgIpc) is 2.26. The molecule has 5 nitrogen and oxygen atoms in total. The van der Waals surface area contributed by atoms with Gasteiger partial charge in [0.15, 0.2) is 6.29 Å². The monoisotopic (exact) mass is 175 g/mol. The molecule has 1 aliphatic heterocycles. The van der Waals surface area contributed by atoms with Crippen molar-refractivity contribution in [1.82, 2.24) is 5.32 Å². The van der Waals surface area contributed by atoms with Gasteiger partial charge in [-0.15, -0.1) is 0 Å². The molecule has 0 aromatic rings. The first-order valence-electron chi connectivity index (χ1n) is 3.85. The lowest BCUT2D eigenvalue weighted by molar-refractivity contribution is -0.122. The van der Waals surface area contributed by atoms with Crippen LogP contribution in [-0.4, -0.2) is 41.2 Å². The fourth-order valence-corrected chi connectivity index (χ4v) is 1.13. The van der Waals surface area contributed by atoms with Crippen molar-refractivity contribution in [3.63, 3.8) is 0 Å². The summed E-state index contributed by atoms with van der Waals surface area (Å²) in [7, 11) is 0. The quantitative estimate of drug-likeness (QED) is 0.482. The highest BCUT2D eigenvalue weighted by Crippen LogP contribution is 2.17. The third-order valence-corrected chi connectivity index (χ3v) is 1.76. The highest BCUT2D eigenvalue weighted by atomic mass is 16.6. The molecule has 1 amide bonds. The van der Waals surface area contributed by atoms with Crippen LogP contribution in [0.3, 0.4) is 0 Å². The number of rotatable bonds is 2. The van der Waals surface area contributed by atoms with Crippen LogP contribution in [0.2, 0.25) is 0 Å². The maximum Gasteiger partial charge on any atom is 0.216 e. The van der Waals surface area contributed by atoms with Gasteiger partial charge in [0.05, 0.1) is 6.10 Å². The van der Waals surface area contributed by atoms with E-state index in [4.69, 9.17) is 9.84 Å². The van der Waals surface area contributed by atoms with E-state index in [0.29, 0.717) is 0 Å². The number of amides is 1. The van der Waals surface area contributed by atoms with E-state index in [0.717, 1.165) is 0 Å². The van der Waals surface area contributed by atoms with Gasteiger partial charge in [-0.25, -0.2) is 0 Å². The fourth-order valence-electron chi connectivity index (χ4n) is 1.13. The zero-order chi connectivity index (χ0) is 9.14. The summed E-state index contributed by atoms with van der Waals surface area (Å²) >= 11 is 0. The Morgan fingerprint density at radius 1 is 1.67 bits per heavy atom. The molecule has 0 spiro atoms. The Labute approximate surface area is 70.3 Å². The number of nitrogens with one attached hydrogen (secondary N) is 1. The van der Waals surface area contributed by atoms with Crippen LogP contribution in [0, 0.1) is 0 Å². The average molecular weight is 175 g/mol. The first-order valence-corrected chi connectivity index (χ1v) is 3.85. The van der Waals surface area contributed by atoms with Crippen LogP contribution in [-0.2, 0) is 9.53 Å². The molecule has 0 radical (unpaired) electrons. The summed E-state index contributed by atoms with van der Waals surface area (Å²) in [6, 6.07) is 0.